The highest BCUT2D eigenvalue weighted by atomic mass is 35.5. The van der Waals surface area contributed by atoms with Crippen LogP contribution in [0.15, 0.2) is 0 Å². The summed E-state index contributed by atoms with van der Waals surface area (Å²) in [5.41, 5.74) is 0. The predicted molar refractivity (Wildman–Crippen MR) is 66.9 cm³/mol. The van der Waals surface area contributed by atoms with Crippen LogP contribution in [0.3, 0.4) is 0 Å². The van der Waals surface area contributed by atoms with E-state index in [4.69, 9.17) is 4.74 Å². The highest BCUT2D eigenvalue weighted by molar-refractivity contribution is 5.85. The Bertz CT molecular complexity index is 216. The molecule has 1 rings (SSSR count). The summed E-state index contributed by atoms with van der Waals surface area (Å²) >= 11 is 0. The molecule has 1 amide bonds. The van der Waals surface area contributed by atoms with E-state index in [1.54, 1.807) is 14.0 Å². The molecule has 0 radical (unpaired) electrons. The number of piperidine rings is 1. The van der Waals surface area contributed by atoms with Crippen molar-refractivity contribution >= 4 is 18.3 Å². The third-order valence-corrected chi connectivity index (χ3v) is 3.25. The molecule has 5 heteroatoms. The van der Waals surface area contributed by atoms with Crippen LogP contribution in [0.2, 0.25) is 0 Å². The lowest BCUT2D eigenvalue weighted by atomic mass is 9.89. The fourth-order valence-electron chi connectivity index (χ4n) is 1.99. The van der Waals surface area contributed by atoms with Crippen LogP contribution in [-0.2, 0) is 9.53 Å². The summed E-state index contributed by atoms with van der Waals surface area (Å²) in [6.07, 6.45) is 0.739. The van der Waals surface area contributed by atoms with Crippen LogP contribution in [0.25, 0.3) is 0 Å². The minimum atomic E-state index is -0.369. The van der Waals surface area contributed by atoms with Crippen LogP contribution in [0.1, 0.15) is 27.2 Å². The Morgan fingerprint density at radius 1 is 1.50 bits per heavy atom. The van der Waals surface area contributed by atoms with Crippen molar-refractivity contribution in [1.82, 2.24) is 10.6 Å². The van der Waals surface area contributed by atoms with Crippen molar-refractivity contribution < 1.29 is 9.53 Å². The van der Waals surface area contributed by atoms with Gasteiger partial charge in [-0.25, -0.2) is 0 Å². The summed E-state index contributed by atoms with van der Waals surface area (Å²) in [6, 6.07) is 0.547. The largest absolute Gasteiger partial charge is 0.372 e. The summed E-state index contributed by atoms with van der Waals surface area (Å²) in [5, 5.41) is 6.41. The molecule has 1 aliphatic rings. The van der Waals surface area contributed by atoms with Gasteiger partial charge in [0, 0.05) is 19.2 Å². The van der Waals surface area contributed by atoms with Gasteiger partial charge in [-0.3, -0.25) is 4.79 Å². The number of carbonyl (C=O) groups excluding carboxylic acids is 1. The van der Waals surface area contributed by atoms with Gasteiger partial charge in [0.05, 0.1) is 0 Å². The van der Waals surface area contributed by atoms with Gasteiger partial charge in [0.2, 0.25) is 5.91 Å². The van der Waals surface area contributed by atoms with Crippen LogP contribution >= 0.6 is 12.4 Å². The second-order valence-corrected chi connectivity index (χ2v) is 4.42. The standard InChI is InChI=1S/C11H22N2O2.ClH/c1-7-5-6-12-8(2)10(7)13-11(14)9(3)15-4;/h7-10,12H,5-6H2,1-4H3,(H,13,14);1H. The Labute approximate surface area is 104 Å². The lowest BCUT2D eigenvalue weighted by Gasteiger charge is -2.36. The van der Waals surface area contributed by atoms with Gasteiger partial charge in [-0.05, 0) is 32.7 Å². The molecule has 2 N–H and O–H groups in total. The number of hydrogen-bond donors (Lipinski definition) is 2. The fraction of sp³-hybridized carbons (Fsp3) is 0.909. The Balaban J connectivity index is 0.00000225. The van der Waals surface area contributed by atoms with Gasteiger partial charge in [-0.2, -0.15) is 0 Å². The first-order valence-corrected chi connectivity index (χ1v) is 5.62. The molecule has 0 spiro atoms. The molecule has 0 aromatic carbocycles. The maximum atomic E-state index is 11.7. The third kappa shape index (κ3) is 3.92. The molecule has 16 heavy (non-hydrogen) atoms. The molecule has 1 saturated heterocycles. The SMILES string of the molecule is COC(C)C(=O)NC1C(C)CCNC1C.Cl. The van der Waals surface area contributed by atoms with E-state index in [9.17, 15) is 4.79 Å². The van der Waals surface area contributed by atoms with E-state index in [1.807, 2.05) is 0 Å². The second-order valence-electron chi connectivity index (χ2n) is 4.42. The predicted octanol–water partition coefficient (Wildman–Crippen LogP) is 0.946. The zero-order valence-corrected chi connectivity index (χ0v) is 11.3. The minimum Gasteiger partial charge on any atom is -0.372 e. The summed E-state index contributed by atoms with van der Waals surface area (Å²) in [7, 11) is 1.55. The van der Waals surface area contributed by atoms with E-state index < -0.39 is 0 Å². The molecule has 96 valence electrons. The molecule has 0 bridgehead atoms. The quantitative estimate of drug-likeness (QED) is 0.784. The number of ether oxygens (including phenoxy) is 1. The summed E-state index contributed by atoms with van der Waals surface area (Å²) in [4.78, 5) is 11.7. The van der Waals surface area contributed by atoms with E-state index in [0.717, 1.165) is 13.0 Å². The summed E-state index contributed by atoms with van der Waals surface area (Å²) < 4.78 is 4.99. The van der Waals surface area contributed by atoms with Crippen molar-refractivity contribution in [1.29, 1.82) is 0 Å². The number of nitrogens with one attached hydrogen (secondary N) is 2. The lowest BCUT2D eigenvalue weighted by Crippen LogP contribution is -2.57. The van der Waals surface area contributed by atoms with Crippen molar-refractivity contribution in [3.63, 3.8) is 0 Å². The van der Waals surface area contributed by atoms with Crippen LogP contribution in [0.4, 0.5) is 0 Å². The first-order chi connectivity index (χ1) is 7.06. The monoisotopic (exact) mass is 250 g/mol. The smallest absolute Gasteiger partial charge is 0.249 e. The topological polar surface area (TPSA) is 50.4 Å². The maximum Gasteiger partial charge on any atom is 0.249 e. The first-order valence-electron chi connectivity index (χ1n) is 5.62. The molecule has 0 aliphatic carbocycles. The van der Waals surface area contributed by atoms with Gasteiger partial charge < -0.3 is 15.4 Å². The number of amides is 1. The first kappa shape index (κ1) is 15.7. The van der Waals surface area contributed by atoms with Crippen LogP contribution < -0.4 is 10.6 Å². The van der Waals surface area contributed by atoms with Crippen molar-refractivity contribution in [2.24, 2.45) is 5.92 Å². The molecular weight excluding hydrogens is 228 g/mol. The number of halogens is 1. The highest BCUT2D eigenvalue weighted by Gasteiger charge is 2.29. The number of methoxy groups -OCH3 is 1. The van der Waals surface area contributed by atoms with Gasteiger partial charge >= 0.3 is 0 Å². The molecule has 4 nitrogen and oxygen atoms in total. The van der Waals surface area contributed by atoms with Crippen molar-refractivity contribution in [2.45, 2.75) is 45.4 Å². The molecule has 0 aromatic heterocycles. The molecule has 1 heterocycles. The summed E-state index contributed by atoms with van der Waals surface area (Å²) in [5.74, 6) is 0.499. The average molecular weight is 251 g/mol. The van der Waals surface area contributed by atoms with E-state index in [1.165, 1.54) is 0 Å². The number of rotatable bonds is 3. The minimum absolute atomic E-state index is 0. The number of hydrogen-bond acceptors (Lipinski definition) is 3. The Morgan fingerprint density at radius 3 is 2.62 bits per heavy atom. The van der Waals surface area contributed by atoms with Gasteiger partial charge in [0.1, 0.15) is 6.10 Å². The highest BCUT2D eigenvalue weighted by Crippen LogP contribution is 2.16. The zero-order valence-electron chi connectivity index (χ0n) is 10.4. The Kier molecular flexibility index (Phi) is 6.95. The van der Waals surface area contributed by atoms with Gasteiger partial charge in [-0.1, -0.05) is 6.92 Å². The molecule has 0 aromatic rings. The fourth-order valence-corrected chi connectivity index (χ4v) is 1.99. The molecule has 1 aliphatic heterocycles. The zero-order chi connectivity index (χ0) is 11.4. The normalized spacial score (nSPS) is 31.4. The lowest BCUT2D eigenvalue weighted by molar-refractivity contribution is -0.131. The van der Waals surface area contributed by atoms with E-state index in [0.29, 0.717) is 12.0 Å². The van der Waals surface area contributed by atoms with Gasteiger partial charge in [0.15, 0.2) is 0 Å². The summed E-state index contributed by atoms with van der Waals surface area (Å²) in [6.45, 7) is 7.09. The van der Waals surface area contributed by atoms with Crippen molar-refractivity contribution in [3.8, 4) is 0 Å². The van der Waals surface area contributed by atoms with Crippen LogP contribution in [0.5, 0.6) is 0 Å². The van der Waals surface area contributed by atoms with Gasteiger partial charge in [0.25, 0.3) is 0 Å². The Morgan fingerprint density at radius 2 is 2.12 bits per heavy atom. The molecule has 1 fully saturated rings. The Hall–Kier alpha value is -0.320. The van der Waals surface area contributed by atoms with E-state index in [-0.39, 0.29) is 30.5 Å². The van der Waals surface area contributed by atoms with Crippen molar-refractivity contribution in [3.05, 3.63) is 0 Å². The average Bonchev–Trinajstić information content (AvgIpc) is 2.22. The van der Waals surface area contributed by atoms with E-state index >= 15 is 0 Å². The van der Waals surface area contributed by atoms with Crippen molar-refractivity contribution in [2.75, 3.05) is 13.7 Å². The maximum absolute atomic E-state index is 11.7. The molecule has 4 unspecified atom stereocenters. The molecule has 0 saturated carbocycles. The molecule has 4 atom stereocenters. The molecular formula is C11H23ClN2O2. The van der Waals surface area contributed by atoms with Gasteiger partial charge in [-0.15, -0.1) is 12.4 Å². The third-order valence-electron chi connectivity index (χ3n) is 3.25. The number of carbonyl (C=O) groups is 1. The second kappa shape index (κ2) is 7.09. The van der Waals surface area contributed by atoms with E-state index in [2.05, 4.69) is 24.5 Å². The van der Waals surface area contributed by atoms with Crippen LogP contribution in [-0.4, -0.2) is 37.7 Å². The van der Waals surface area contributed by atoms with Crippen LogP contribution in [0, 0.1) is 5.92 Å².